The summed E-state index contributed by atoms with van der Waals surface area (Å²) in [5.74, 6) is 0.234. The number of aromatic nitrogens is 5. The van der Waals surface area contributed by atoms with E-state index >= 15 is 0 Å². The number of pyridine rings is 1. The smallest absolute Gasteiger partial charge is 0.216 e. The first kappa shape index (κ1) is 13.0. The number of nitriles is 1. The SMILES string of the molecule is N#CC(=CNc1ccc2cnc(Cl)cc2c1)c1nn[nH]n1. The Hall–Kier alpha value is -2.98. The topological polar surface area (TPSA) is 103 Å². The van der Waals surface area contributed by atoms with Gasteiger partial charge in [-0.3, -0.25) is 0 Å². The number of rotatable bonds is 3. The van der Waals surface area contributed by atoms with Gasteiger partial charge in [-0.15, -0.1) is 10.2 Å². The average molecular weight is 298 g/mol. The molecule has 8 heteroatoms. The summed E-state index contributed by atoms with van der Waals surface area (Å²) in [5.41, 5.74) is 1.08. The van der Waals surface area contributed by atoms with Crippen molar-refractivity contribution in [2.24, 2.45) is 0 Å². The van der Waals surface area contributed by atoms with Crippen molar-refractivity contribution in [2.45, 2.75) is 0 Å². The van der Waals surface area contributed by atoms with Crippen LogP contribution in [0.3, 0.4) is 0 Å². The molecule has 0 amide bonds. The fourth-order valence-corrected chi connectivity index (χ4v) is 1.95. The molecular formula is C13H8ClN7. The van der Waals surface area contributed by atoms with Crippen molar-refractivity contribution in [3.63, 3.8) is 0 Å². The van der Waals surface area contributed by atoms with E-state index < -0.39 is 0 Å². The highest BCUT2D eigenvalue weighted by molar-refractivity contribution is 6.30. The molecule has 0 radical (unpaired) electrons. The van der Waals surface area contributed by atoms with Crippen molar-refractivity contribution in [2.75, 3.05) is 5.32 Å². The maximum absolute atomic E-state index is 9.08. The second kappa shape index (κ2) is 5.56. The Balaban J connectivity index is 1.89. The van der Waals surface area contributed by atoms with Gasteiger partial charge >= 0.3 is 0 Å². The maximum Gasteiger partial charge on any atom is 0.216 e. The molecule has 0 fully saturated rings. The molecule has 0 aliphatic heterocycles. The van der Waals surface area contributed by atoms with E-state index in [1.54, 1.807) is 12.3 Å². The third-order valence-corrected chi connectivity index (χ3v) is 2.98. The normalized spacial score (nSPS) is 11.3. The van der Waals surface area contributed by atoms with Crippen molar-refractivity contribution >= 4 is 33.6 Å². The number of hydrogen-bond acceptors (Lipinski definition) is 6. The molecular weight excluding hydrogens is 290 g/mol. The van der Waals surface area contributed by atoms with Gasteiger partial charge in [0.05, 0.1) is 0 Å². The highest BCUT2D eigenvalue weighted by atomic mass is 35.5. The van der Waals surface area contributed by atoms with Crippen LogP contribution in [0.25, 0.3) is 16.3 Å². The van der Waals surface area contributed by atoms with E-state index in [1.807, 2.05) is 24.3 Å². The quantitative estimate of drug-likeness (QED) is 0.568. The number of halogens is 1. The lowest BCUT2D eigenvalue weighted by Crippen LogP contribution is -1.93. The number of allylic oxidation sites excluding steroid dienone is 1. The molecule has 102 valence electrons. The summed E-state index contributed by atoms with van der Waals surface area (Å²) in [7, 11) is 0. The van der Waals surface area contributed by atoms with Gasteiger partial charge in [0.2, 0.25) is 5.82 Å². The largest absolute Gasteiger partial charge is 0.360 e. The monoisotopic (exact) mass is 297 g/mol. The third-order valence-electron chi connectivity index (χ3n) is 2.78. The average Bonchev–Trinajstić information content (AvgIpc) is 3.01. The Labute approximate surface area is 124 Å². The molecule has 0 atom stereocenters. The Kier molecular flexibility index (Phi) is 3.45. The number of benzene rings is 1. The first-order valence-corrected chi connectivity index (χ1v) is 6.30. The molecule has 0 aliphatic rings. The Morgan fingerprint density at radius 1 is 1.33 bits per heavy atom. The van der Waals surface area contributed by atoms with E-state index in [1.165, 1.54) is 6.20 Å². The van der Waals surface area contributed by atoms with Crippen molar-refractivity contribution < 1.29 is 0 Å². The highest BCUT2D eigenvalue weighted by Crippen LogP contribution is 2.21. The van der Waals surface area contributed by atoms with Crippen LogP contribution in [0.2, 0.25) is 5.15 Å². The molecule has 0 unspecified atom stereocenters. The maximum atomic E-state index is 9.08. The lowest BCUT2D eigenvalue weighted by atomic mass is 10.1. The van der Waals surface area contributed by atoms with Crippen LogP contribution in [0, 0.1) is 11.3 Å². The standard InChI is InChI=1S/C13H8ClN7/c14-12-4-9-3-11(2-1-8(9)6-17-12)16-7-10(5-15)13-18-20-21-19-13/h1-4,6-7,16H,(H,18,19,20,21). The molecule has 2 aromatic heterocycles. The number of nitrogens with one attached hydrogen (secondary N) is 2. The fourth-order valence-electron chi connectivity index (χ4n) is 1.78. The molecule has 2 heterocycles. The number of anilines is 1. The number of fused-ring (bicyclic) bond motifs is 1. The molecule has 7 nitrogen and oxygen atoms in total. The zero-order chi connectivity index (χ0) is 14.7. The van der Waals surface area contributed by atoms with Crippen molar-refractivity contribution in [1.82, 2.24) is 25.6 Å². The molecule has 0 aliphatic carbocycles. The number of hydrogen-bond donors (Lipinski definition) is 2. The van der Waals surface area contributed by atoms with Gasteiger partial charge in [-0.1, -0.05) is 17.7 Å². The third kappa shape index (κ3) is 2.80. The summed E-state index contributed by atoms with van der Waals surface area (Å²) >= 11 is 5.88. The Morgan fingerprint density at radius 3 is 3.00 bits per heavy atom. The van der Waals surface area contributed by atoms with Crippen molar-refractivity contribution in [1.29, 1.82) is 5.26 Å². The van der Waals surface area contributed by atoms with E-state index in [-0.39, 0.29) is 11.4 Å². The van der Waals surface area contributed by atoms with E-state index in [0.717, 1.165) is 16.5 Å². The molecule has 21 heavy (non-hydrogen) atoms. The number of H-pyrrole nitrogens is 1. The number of nitrogens with zero attached hydrogens (tertiary/aromatic N) is 5. The minimum Gasteiger partial charge on any atom is -0.360 e. The second-order valence-electron chi connectivity index (χ2n) is 4.12. The van der Waals surface area contributed by atoms with Crippen LogP contribution in [0.4, 0.5) is 5.69 Å². The van der Waals surface area contributed by atoms with Crippen molar-refractivity contribution in [3.8, 4) is 6.07 Å². The van der Waals surface area contributed by atoms with E-state index in [9.17, 15) is 0 Å². The van der Waals surface area contributed by atoms with Crippen LogP contribution < -0.4 is 5.32 Å². The summed E-state index contributed by atoms with van der Waals surface area (Å²) in [5, 5.41) is 27.7. The summed E-state index contributed by atoms with van der Waals surface area (Å²) < 4.78 is 0. The van der Waals surface area contributed by atoms with Crippen LogP contribution in [-0.4, -0.2) is 25.6 Å². The lowest BCUT2D eigenvalue weighted by Gasteiger charge is -2.04. The zero-order valence-corrected chi connectivity index (χ0v) is 11.3. The lowest BCUT2D eigenvalue weighted by molar-refractivity contribution is 0.881. The van der Waals surface area contributed by atoms with E-state index in [4.69, 9.17) is 16.9 Å². The van der Waals surface area contributed by atoms with E-state index in [0.29, 0.717) is 5.15 Å². The van der Waals surface area contributed by atoms with Gasteiger partial charge in [-0.05, 0) is 28.8 Å². The molecule has 0 bridgehead atoms. The first-order chi connectivity index (χ1) is 10.3. The molecule has 0 saturated carbocycles. The molecule has 3 aromatic rings. The molecule has 2 N–H and O–H groups in total. The molecule has 0 saturated heterocycles. The number of tetrazole rings is 1. The van der Waals surface area contributed by atoms with Gasteiger partial charge in [0.25, 0.3) is 0 Å². The second-order valence-corrected chi connectivity index (χ2v) is 4.51. The molecule has 1 aromatic carbocycles. The van der Waals surface area contributed by atoms with Crippen LogP contribution >= 0.6 is 11.6 Å². The van der Waals surface area contributed by atoms with Crippen LogP contribution in [-0.2, 0) is 0 Å². The minimum absolute atomic E-state index is 0.234. The van der Waals surface area contributed by atoms with Crippen LogP contribution in [0.5, 0.6) is 0 Å². The minimum atomic E-state index is 0.234. The van der Waals surface area contributed by atoms with Gasteiger partial charge in [0, 0.05) is 23.5 Å². The predicted octanol–water partition coefficient (Wildman–Crippen LogP) is 2.38. The van der Waals surface area contributed by atoms with Crippen LogP contribution in [0.1, 0.15) is 5.82 Å². The fraction of sp³-hybridized carbons (Fsp3) is 0. The number of aromatic amines is 1. The summed E-state index contributed by atoms with van der Waals surface area (Å²) in [6.07, 6.45) is 3.23. The first-order valence-electron chi connectivity index (χ1n) is 5.92. The molecule has 0 spiro atoms. The van der Waals surface area contributed by atoms with Gasteiger partial charge < -0.3 is 5.32 Å². The zero-order valence-electron chi connectivity index (χ0n) is 10.6. The van der Waals surface area contributed by atoms with Crippen LogP contribution in [0.15, 0.2) is 36.7 Å². The van der Waals surface area contributed by atoms with E-state index in [2.05, 4.69) is 30.9 Å². The Morgan fingerprint density at radius 2 is 2.24 bits per heavy atom. The highest BCUT2D eigenvalue weighted by Gasteiger charge is 2.05. The van der Waals surface area contributed by atoms with Crippen molar-refractivity contribution in [3.05, 3.63) is 47.6 Å². The Bertz CT molecular complexity index is 849. The van der Waals surface area contributed by atoms with Gasteiger partial charge in [-0.25, -0.2) is 4.98 Å². The van der Waals surface area contributed by atoms with Gasteiger partial charge in [0.1, 0.15) is 16.8 Å². The van der Waals surface area contributed by atoms with Gasteiger partial charge in [0.15, 0.2) is 0 Å². The molecule has 3 rings (SSSR count). The summed E-state index contributed by atoms with van der Waals surface area (Å²) in [6, 6.07) is 9.47. The predicted molar refractivity (Wildman–Crippen MR) is 78.1 cm³/mol. The summed E-state index contributed by atoms with van der Waals surface area (Å²) in [6.45, 7) is 0. The summed E-state index contributed by atoms with van der Waals surface area (Å²) in [4.78, 5) is 4.02. The van der Waals surface area contributed by atoms with Gasteiger partial charge in [-0.2, -0.15) is 10.5 Å².